The molecule has 0 unspecified atom stereocenters. The van der Waals surface area contributed by atoms with Gasteiger partial charge in [0.05, 0.1) is 4.92 Å². The molecule has 0 atom stereocenters. The number of anilines is 1. The van der Waals surface area contributed by atoms with Crippen LogP contribution in [0.25, 0.3) is 0 Å². The van der Waals surface area contributed by atoms with Crippen molar-refractivity contribution in [3.05, 3.63) is 50.7 Å². The number of ether oxygens (including phenoxy) is 1. The normalized spacial score (nSPS) is 10.1. The van der Waals surface area contributed by atoms with Crippen LogP contribution in [-0.2, 0) is 6.61 Å². The molecule has 0 saturated heterocycles. The summed E-state index contributed by atoms with van der Waals surface area (Å²) in [4.78, 5) is 18.1. The summed E-state index contributed by atoms with van der Waals surface area (Å²) in [6.07, 6.45) is 1.22. The van der Waals surface area contributed by atoms with Crippen LogP contribution in [0.5, 0.6) is 5.88 Å². The van der Waals surface area contributed by atoms with E-state index in [9.17, 15) is 10.1 Å². The molecule has 0 amide bonds. The van der Waals surface area contributed by atoms with Gasteiger partial charge in [-0.25, -0.2) is 4.98 Å². The van der Waals surface area contributed by atoms with Crippen LogP contribution in [0, 0.1) is 10.1 Å². The van der Waals surface area contributed by atoms with Gasteiger partial charge in [-0.1, -0.05) is 28.1 Å². The average Bonchev–Trinajstić information content (AvgIpc) is 2.44. The lowest BCUT2D eigenvalue weighted by atomic mass is 10.2. The zero-order valence-corrected chi connectivity index (χ0v) is 12.1. The van der Waals surface area contributed by atoms with Crippen LogP contribution in [0.1, 0.15) is 5.56 Å². The molecule has 1 heterocycles. The van der Waals surface area contributed by atoms with E-state index < -0.39 is 4.92 Å². The third kappa shape index (κ3) is 3.21. The number of hydrogen-bond donors (Lipinski definition) is 1. The number of nitro groups is 1. The molecule has 0 bridgehead atoms. The fourth-order valence-corrected chi connectivity index (χ4v) is 2.04. The Morgan fingerprint density at radius 1 is 1.45 bits per heavy atom. The predicted molar refractivity (Wildman–Crippen MR) is 76.7 cm³/mol. The molecule has 2 rings (SSSR count). The van der Waals surface area contributed by atoms with E-state index in [0.717, 1.165) is 10.0 Å². The third-order valence-corrected chi connectivity index (χ3v) is 2.97. The Morgan fingerprint density at radius 3 is 2.90 bits per heavy atom. The second kappa shape index (κ2) is 6.29. The maximum Gasteiger partial charge on any atom is 0.372 e. The second-order valence-electron chi connectivity index (χ2n) is 3.80. The van der Waals surface area contributed by atoms with Crippen molar-refractivity contribution < 1.29 is 9.66 Å². The minimum absolute atomic E-state index is 0.0608. The van der Waals surface area contributed by atoms with E-state index in [-0.39, 0.29) is 24.0 Å². The molecule has 0 radical (unpaired) electrons. The molecule has 104 valence electrons. The molecule has 1 aromatic heterocycles. The Bertz CT molecular complexity index is 636. The highest BCUT2D eigenvalue weighted by atomic mass is 79.9. The van der Waals surface area contributed by atoms with E-state index in [1.807, 2.05) is 24.3 Å². The molecule has 0 aliphatic heterocycles. The Labute approximate surface area is 123 Å². The van der Waals surface area contributed by atoms with Crippen molar-refractivity contribution in [1.29, 1.82) is 0 Å². The van der Waals surface area contributed by atoms with E-state index >= 15 is 0 Å². The number of rotatable bonds is 5. The Hall–Kier alpha value is -2.22. The molecular weight excluding hydrogens is 328 g/mol. The van der Waals surface area contributed by atoms with E-state index in [1.54, 1.807) is 7.05 Å². The summed E-state index contributed by atoms with van der Waals surface area (Å²) in [6, 6.07) is 7.47. The van der Waals surface area contributed by atoms with Gasteiger partial charge in [-0.2, -0.15) is 4.98 Å². The minimum atomic E-state index is -0.567. The van der Waals surface area contributed by atoms with Crippen molar-refractivity contribution in [3.63, 3.8) is 0 Å². The maximum absolute atomic E-state index is 11.1. The zero-order valence-electron chi connectivity index (χ0n) is 10.5. The number of benzene rings is 1. The van der Waals surface area contributed by atoms with Gasteiger partial charge in [0, 0.05) is 11.5 Å². The van der Waals surface area contributed by atoms with Crippen LogP contribution >= 0.6 is 15.9 Å². The van der Waals surface area contributed by atoms with Crippen molar-refractivity contribution in [2.75, 3.05) is 12.4 Å². The molecule has 1 N–H and O–H groups in total. The van der Waals surface area contributed by atoms with Crippen molar-refractivity contribution in [1.82, 2.24) is 9.97 Å². The first kappa shape index (κ1) is 14.2. The van der Waals surface area contributed by atoms with Gasteiger partial charge >= 0.3 is 5.69 Å². The van der Waals surface area contributed by atoms with Crippen LogP contribution in [0.3, 0.4) is 0 Å². The summed E-state index contributed by atoms with van der Waals surface area (Å²) in [5.74, 6) is 0.0589. The van der Waals surface area contributed by atoms with Gasteiger partial charge in [0.2, 0.25) is 5.82 Å². The summed E-state index contributed by atoms with van der Waals surface area (Å²) in [5, 5.41) is 13.7. The Morgan fingerprint density at radius 2 is 2.25 bits per heavy atom. The standard InChI is InChI=1S/C12H11BrN4O3/c1-14-11-10(17(18)19)12(16-7-15-11)20-6-8-3-2-4-9(13)5-8/h2-5,7H,6H2,1H3,(H,14,15,16). The average molecular weight is 339 g/mol. The first-order valence-corrected chi connectivity index (χ1v) is 6.45. The lowest BCUT2D eigenvalue weighted by molar-refractivity contribution is -0.385. The fraction of sp³-hybridized carbons (Fsp3) is 0.167. The highest BCUT2D eigenvalue weighted by molar-refractivity contribution is 9.10. The smallest absolute Gasteiger partial charge is 0.372 e. The van der Waals surface area contributed by atoms with Crippen LogP contribution < -0.4 is 10.1 Å². The summed E-state index contributed by atoms with van der Waals surface area (Å²) < 4.78 is 6.34. The van der Waals surface area contributed by atoms with Gasteiger partial charge in [0.15, 0.2) is 0 Å². The zero-order chi connectivity index (χ0) is 14.5. The SMILES string of the molecule is CNc1ncnc(OCc2cccc(Br)c2)c1[N+](=O)[O-]. The highest BCUT2D eigenvalue weighted by Gasteiger charge is 2.23. The van der Waals surface area contributed by atoms with Gasteiger partial charge in [-0.15, -0.1) is 0 Å². The first-order chi connectivity index (χ1) is 9.61. The topological polar surface area (TPSA) is 90.2 Å². The molecule has 0 spiro atoms. The van der Waals surface area contributed by atoms with E-state index in [4.69, 9.17) is 4.74 Å². The molecule has 1 aromatic carbocycles. The van der Waals surface area contributed by atoms with Gasteiger partial charge in [-0.05, 0) is 17.7 Å². The van der Waals surface area contributed by atoms with Gasteiger partial charge in [-0.3, -0.25) is 10.1 Å². The molecule has 20 heavy (non-hydrogen) atoms. The number of hydrogen-bond acceptors (Lipinski definition) is 6. The monoisotopic (exact) mass is 338 g/mol. The van der Waals surface area contributed by atoms with Gasteiger partial charge < -0.3 is 10.1 Å². The van der Waals surface area contributed by atoms with Gasteiger partial charge in [0.25, 0.3) is 5.88 Å². The van der Waals surface area contributed by atoms with Crippen molar-refractivity contribution >= 4 is 27.4 Å². The van der Waals surface area contributed by atoms with Crippen LogP contribution in [0.4, 0.5) is 11.5 Å². The summed E-state index contributed by atoms with van der Waals surface area (Å²) >= 11 is 3.35. The van der Waals surface area contributed by atoms with Crippen LogP contribution in [0.2, 0.25) is 0 Å². The maximum atomic E-state index is 11.1. The van der Waals surface area contributed by atoms with Crippen molar-refractivity contribution in [3.8, 4) is 5.88 Å². The summed E-state index contributed by atoms with van der Waals surface area (Å²) in [6.45, 7) is 0.181. The molecule has 0 aliphatic rings. The molecule has 8 heteroatoms. The molecule has 0 aliphatic carbocycles. The van der Waals surface area contributed by atoms with Crippen molar-refractivity contribution in [2.45, 2.75) is 6.61 Å². The second-order valence-corrected chi connectivity index (χ2v) is 4.72. The Kier molecular flexibility index (Phi) is 4.46. The minimum Gasteiger partial charge on any atom is -0.468 e. The first-order valence-electron chi connectivity index (χ1n) is 5.66. The molecule has 0 saturated carbocycles. The molecule has 0 fully saturated rings. The molecular formula is C12H11BrN4O3. The van der Waals surface area contributed by atoms with E-state index in [0.29, 0.717) is 0 Å². The highest BCUT2D eigenvalue weighted by Crippen LogP contribution is 2.30. The van der Waals surface area contributed by atoms with Crippen LogP contribution in [-0.4, -0.2) is 21.9 Å². The largest absolute Gasteiger partial charge is 0.468 e. The van der Waals surface area contributed by atoms with E-state index in [2.05, 4.69) is 31.2 Å². The molecule has 2 aromatic rings. The summed E-state index contributed by atoms with van der Waals surface area (Å²) in [7, 11) is 1.55. The number of halogens is 1. The lowest BCUT2D eigenvalue weighted by Gasteiger charge is -2.07. The number of nitrogens with zero attached hydrogens (tertiary/aromatic N) is 3. The number of nitrogens with one attached hydrogen (secondary N) is 1. The van der Waals surface area contributed by atoms with E-state index in [1.165, 1.54) is 6.33 Å². The quantitative estimate of drug-likeness (QED) is 0.665. The van der Waals surface area contributed by atoms with Crippen LogP contribution in [0.15, 0.2) is 35.1 Å². The number of aromatic nitrogens is 2. The molecule has 7 nitrogen and oxygen atoms in total. The fourth-order valence-electron chi connectivity index (χ4n) is 1.59. The third-order valence-electron chi connectivity index (χ3n) is 2.47. The van der Waals surface area contributed by atoms with Gasteiger partial charge in [0.1, 0.15) is 12.9 Å². The lowest BCUT2D eigenvalue weighted by Crippen LogP contribution is -2.05. The predicted octanol–water partition coefficient (Wildman–Crippen LogP) is 2.77. The van der Waals surface area contributed by atoms with Crippen molar-refractivity contribution in [2.24, 2.45) is 0 Å². The summed E-state index contributed by atoms with van der Waals surface area (Å²) in [5.41, 5.74) is 0.600. The Balaban J connectivity index is 2.23.